The fourth-order valence-corrected chi connectivity index (χ4v) is 0.144. The summed E-state index contributed by atoms with van der Waals surface area (Å²) in [7, 11) is 0. The van der Waals surface area contributed by atoms with Crippen LogP contribution in [0.1, 0.15) is 13.3 Å². The zero-order valence-corrected chi connectivity index (χ0v) is 6.73. The molecule has 0 N–H and O–H groups in total. The maximum Gasteiger partial charge on any atom is 1.00 e. The van der Waals surface area contributed by atoms with E-state index in [1.165, 1.54) is 6.92 Å². The second-order valence-corrected chi connectivity index (χ2v) is 1.16. The van der Waals surface area contributed by atoms with Gasteiger partial charge in [0.2, 0.25) is 0 Å². The average molecular weight is 110 g/mol. The van der Waals surface area contributed by atoms with Gasteiger partial charge >= 0.3 is 29.6 Å². The Kier molecular flexibility index (Phi) is 10.0. The van der Waals surface area contributed by atoms with E-state index in [4.69, 9.17) is 0 Å². The van der Waals surface area contributed by atoms with Gasteiger partial charge in [0, 0.05) is 0 Å². The van der Waals surface area contributed by atoms with Gasteiger partial charge in [-0.05, 0) is 13.3 Å². The number of hydrogen-bond acceptors (Lipinski definition) is 2. The Morgan fingerprint density at radius 3 is 2.14 bits per heavy atom. The van der Waals surface area contributed by atoms with Crippen molar-refractivity contribution in [3.8, 4) is 0 Å². The van der Waals surface area contributed by atoms with Crippen molar-refractivity contribution < 1.29 is 39.5 Å². The van der Waals surface area contributed by atoms with Crippen molar-refractivity contribution in [1.82, 2.24) is 0 Å². The molecular formula is C4H7NaO2. The SMILES string of the molecule is CC(=O)CC[O-].[Na+]. The summed E-state index contributed by atoms with van der Waals surface area (Å²) in [5.74, 6) is -0.0231. The van der Waals surface area contributed by atoms with Gasteiger partial charge in [0.25, 0.3) is 0 Å². The molecule has 0 rings (SSSR count). The van der Waals surface area contributed by atoms with Crippen LogP contribution >= 0.6 is 0 Å². The monoisotopic (exact) mass is 110 g/mol. The minimum absolute atomic E-state index is 0. The van der Waals surface area contributed by atoms with Gasteiger partial charge in [-0.2, -0.15) is 0 Å². The Balaban J connectivity index is 0. The van der Waals surface area contributed by atoms with Crippen molar-refractivity contribution in [2.75, 3.05) is 6.61 Å². The van der Waals surface area contributed by atoms with Gasteiger partial charge in [0.15, 0.2) is 0 Å². The minimum atomic E-state index is -0.269. The standard InChI is InChI=1S/C4H7O2.Na/c1-4(6)2-3-5;/h2-3H2,1H3;/q-1;+1. The van der Waals surface area contributed by atoms with Crippen LogP contribution in [0.4, 0.5) is 0 Å². The molecule has 0 aromatic carbocycles. The number of rotatable bonds is 2. The first-order valence-corrected chi connectivity index (χ1v) is 1.85. The Bertz CT molecular complexity index is 53.7. The molecule has 0 fully saturated rings. The van der Waals surface area contributed by atoms with Gasteiger partial charge in [-0.3, -0.25) is 0 Å². The predicted octanol–water partition coefficient (Wildman–Crippen LogP) is -3.67. The van der Waals surface area contributed by atoms with Gasteiger partial charge in [0.05, 0.1) is 0 Å². The van der Waals surface area contributed by atoms with Crippen molar-refractivity contribution in [3.05, 3.63) is 0 Å². The molecular weight excluding hydrogens is 103 g/mol. The molecule has 0 saturated heterocycles. The summed E-state index contributed by atoms with van der Waals surface area (Å²) in [5, 5.41) is 9.52. The van der Waals surface area contributed by atoms with E-state index in [2.05, 4.69) is 0 Å². The minimum Gasteiger partial charge on any atom is -0.854 e. The summed E-state index contributed by atoms with van der Waals surface area (Å²) in [4.78, 5) is 9.84. The summed E-state index contributed by atoms with van der Waals surface area (Å²) in [6, 6.07) is 0. The second-order valence-electron chi connectivity index (χ2n) is 1.16. The Hall–Kier alpha value is 0.630. The molecule has 3 heteroatoms. The Labute approximate surface area is 65.2 Å². The second kappa shape index (κ2) is 6.63. The van der Waals surface area contributed by atoms with E-state index in [1.54, 1.807) is 0 Å². The van der Waals surface area contributed by atoms with E-state index in [0.29, 0.717) is 0 Å². The van der Waals surface area contributed by atoms with E-state index in [9.17, 15) is 9.90 Å². The van der Waals surface area contributed by atoms with Crippen LogP contribution in [-0.4, -0.2) is 12.4 Å². The molecule has 7 heavy (non-hydrogen) atoms. The number of carbonyl (C=O) groups is 1. The summed E-state index contributed by atoms with van der Waals surface area (Å²) in [5.41, 5.74) is 0. The van der Waals surface area contributed by atoms with Gasteiger partial charge in [0.1, 0.15) is 5.78 Å². The quantitative estimate of drug-likeness (QED) is 0.344. The van der Waals surface area contributed by atoms with E-state index in [0.717, 1.165) is 0 Å². The summed E-state index contributed by atoms with van der Waals surface area (Å²) >= 11 is 0. The van der Waals surface area contributed by atoms with Crippen LogP contribution in [-0.2, 0) is 4.79 Å². The van der Waals surface area contributed by atoms with Crippen molar-refractivity contribution in [1.29, 1.82) is 0 Å². The van der Waals surface area contributed by atoms with Crippen LogP contribution in [0.15, 0.2) is 0 Å². The number of Topliss-reactive ketones (excluding diaryl/α,β-unsaturated/α-hetero) is 1. The maximum atomic E-state index is 9.84. The topological polar surface area (TPSA) is 40.1 Å². The third-order valence-corrected chi connectivity index (χ3v) is 0.454. The van der Waals surface area contributed by atoms with Crippen molar-refractivity contribution in [2.24, 2.45) is 0 Å². The number of ketones is 1. The molecule has 36 valence electrons. The maximum absolute atomic E-state index is 9.84. The van der Waals surface area contributed by atoms with Crippen molar-refractivity contribution >= 4 is 5.78 Å². The van der Waals surface area contributed by atoms with Crippen LogP contribution in [0.2, 0.25) is 0 Å². The van der Waals surface area contributed by atoms with E-state index in [-0.39, 0.29) is 48.4 Å². The zero-order valence-electron chi connectivity index (χ0n) is 4.73. The fourth-order valence-electron chi connectivity index (χ4n) is 0.144. The molecule has 0 aliphatic rings. The molecule has 0 aliphatic carbocycles. The molecule has 0 saturated carbocycles. The first-order valence-electron chi connectivity index (χ1n) is 1.85. The summed E-state index contributed by atoms with van der Waals surface area (Å²) in [6.45, 7) is 1.15. The third-order valence-electron chi connectivity index (χ3n) is 0.454. The predicted molar refractivity (Wildman–Crippen MR) is 20.2 cm³/mol. The molecule has 0 aromatic rings. The van der Waals surface area contributed by atoms with E-state index >= 15 is 0 Å². The fraction of sp³-hybridized carbons (Fsp3) is 0.750. The van der Waals surface area contributed by atoms with Crippen LogP contribution in [0.5, 0.6) is 0 Å². The van der Waals surface area contributed by atoms with Crippen LogP contribution < -0.4 is 34.7 Å². The Morgan fingerprint density at radius 2 is 2.14 bits per heavy atom. The van der Waals surface area contributed by atoms with E-state index < -0.39 is 0 Å². The van der Waals surface area contributed by atoms with Gasteiger partial charge in [-0.15, -0.1) is 6.61 Å². The average Bonchev–Trinajstić information content (AvgIpc) is 1.35. The molecule has 2 nitrogen and oxygen atoms in total. The van der Waals surface area contributed by atoms with Crippen molar-refractivity contribution in [3.63, 3.8) is 0 Å². The van der Waals surface area contributed by atoms with Gasteiger partial charge in [-0.25, -0.2) is 0 Å². The summed E-state index contributed by atoms with van der Waals surface area (Å²) < 4.78 is 0. The smallest absolute Gasteiger partial charge is 0.854 e. The molecule has 0 bridgehead atoms. The first-order chi connectivity index (χ1) is 2.77. The van der Waals surface area contributed by atoms with Gasteiger partial charge < -0.3 is 9.90 Å². The molecule has 0 heterocycles. The molecule has 0 atom stereocenters. The third kappa shape index (κ3) is 10.8. The molecule has 0 aliphatic heterocycles. The normalized spacial score (nSPS) is 7.14. The molecule has 0 aromatic heterocycles. The summed E-state index contributed by atoms with van der Waals surface area (Å²) in [6.07, 6.45) is 0.181. The Morgan fingerprint density at radius 1 is 1.71 bits per heavy atom. The first kappa shape index (κ1) is 10.6. The molecule has 0 unspecified atom stereocenters. The van der Waals surface area contributed by atoms with Crippen LogP contribution in [0.3, 0.4) is 0 Å². The van der Waals surface area contributed by atoms with Gasteiger partial charge in [-0.1, -0.05) is 0 Å². The van der Waals surface area contributed by atoms with Crippen molar-refractivity contribution in [2.45, 2.75) is 13.3 Å². The number of hydrogen-bond donors (Lipinski definition) is 0. The zero-order chi connectivity index (χ0) is 4.99. The van der Waals surface area contributed by atoms with E-state index in [1.807, 2.05) is 0 Å². The largest absolute Gasteiger partial charge is 1.00 e. The van der Waals surface area contributed by atoms with Crippen LogP contribution in [0, 0.1) is 0 Å². The molecule has 0 radical (unpaired) electrons. The number of carbonyl (C=O) groups excluding carboxylic acids is 1. The van der Waals surface area contributed by atoms with Crippen LogP contribution in [0.25, 0.3) is 0 Å². The molecule has 0 spiro atoms. The molecule has 0 amide bonds.